The number of hydrogen-bond acceptors (Lipinski definition) is 3. The maximum absolute atomic E-state index is 12.3. The van der Waals surface area contributed by atoms with Crippen molar-refractivity contribution in [3.8, 4) is 29.1 Å². The van der Waals surface area contributed by atoms with Gasteiger partial charge in [0, 0.05) is 11.6 Å². The van der Waals surface area contributed by atoms with E-state index < -0.39 is 24.2 Å². The van der Waals surface area contributed by atoms with Gasteiger partial charge in [-0.25, -0.2) is 0 Å². The second kappa shape index (κ2) is 9.08. The Morgan fingerprint density at radius 3 is 1.89 bits per heavy atom. The molecule has 0 heterocycles. The molecule has 28 heavy (non-hydrogen) atoms. The van der Waals surface area contributed by atoms with Crippen molar-refractivity contribution in [1.29, 1.82) is 0 Å². The number of alkyl halides is 6. The van der Waals surface area contributed by atoms with E-state index >= 15 is 0 Å². The van der Waals surface area contributed by atoms with E-state index in [0.717, 1.165) is 12.1 Å². The molecule has 0 N–H and O–H groups in total. The van der Waals surface area contributed by atoms with Crippen molar-refractivity contribution in [2.45, 2.75) is 12.7 Å². The van der Waals surface area contributed by atoms with Crippen LogP contribution in [0, 0.1) is 11.8 Å². The first-order chi connectivity index (χ1) is 13.1. The molecule has 0 saturated carbocycles. The smallest absolute Gasteiger partial charge is 0.490 e. The summed E-state index contributed by atoms with van der Waals surface area (Å²) in [5.41, 5.74) is -0.158. The molecule has 0 unspecified atom stereocenters. The highest BCUT2D eigenvalue weighted by atomic mass is 19.4. The van der Waals surface area contributed by atoms with Crippen LogP contribution in [0.1, 0.15) is 5.56 Å². The summed E-state index contributed by atoms with van der Waals surface area (Å²) in [7, 11) is 0. The SMILES string of the molecule is FC(F)(F)Oc1cc(C#C/C=C/COc2ccccc2)cc(OC(F)(F)F)c1. The van der Waals surface area contributed by atoms with Gasteiger partial charge in [-0.3, -0.25) is 0 Å². The summed E-state index contributed by atoms with van der Waals surface area (Å²) < 4.78 is 86.6. The molecule has 0 aliphatic carbocycles. The summed E-state index contributed by atoms with van der Waals surface area (Å²) in [6.45, 7) is 0.179. The molecular formula is C19H12F6O3. The Balaban J connectivity index is 2.08. The number of benzene rings is 2. The van der Waals surface area contributed by atoms with E-state index in [9.17, 15) is 26.3 Å². The first-order valence-corrected chi connectivity index (χ1v) is 7.62. The van der Waals surface area contributed by atoms with E-state index in [1.165, 1.54) is 12.2 Å². The predicted molar refractivity (Wildman–Crippen MR) is 87.8 cm³/mol. The normalized spacial score (nSPS) is 11.6. The lowest BCUT2D eigenvalue weighted by atomic mass is 10.2. The summed E-state index contributed by atoms with van der Waals surface area (Å²) in [5, 5.41) is 0. The fraction of sp³-hybridized carbons (Fsp3) is 0.158. The highest BCUT2D eigenvalue weighted by Gasteiger charge is 2.33. The van der Waals surface area contributed by atoms with Crippen molar-refractivity contribution in [2.24, 2.45) is 0 Å². The van der Waals surface area contributed by atoms with Crippen LogP contribution in [0.15, 0.2) is 60.7 Å². The number of ether oxygens (including phenoxy) is 3. The van der Waals surface area contributed by atoms with Crippen LogP contribution >= 0.6 is 0 Å². The van der Waals surface area contributed by atoms with Crippen LogP contribution in [0.25, 0.3) is 0 Å². The Bertz CT molecular complexity index is 827. The summed E-state index contributed by atoms with van der Waals surface area (Å²) in [4.78, 5) is 0. The Labute approximate surface area is 156 Å². The molecule has 3 nitrogen and oxygen atoms in total. The fourth-order valence-corrected chi connectivity index (χ4v) is 1.92. The van der Waals surface area contributed by atoms with Crippen LogP contribution in [-0.2, 0) is 0 Å². The van der Waals surface area contributed by atoms with Gasteiger partial charge < -0.3 is 14.2 Å². The Hall–Kier alpha value is -3.28. The summed E-state index contributed by atoms with van der Waals surface area (Å²) in [6.07, 6.45) is -7.26. The van der Waals surface area contributed by atoms with Gasteiger partial charge in [-0.05, 0) is 36.4 Å². The van der Waals surface area contributed by atoms with Crippen molar-refractivity contribution in [2.75, 3.05) is 6.61 Å². The Kier molecular flexibility index (Phi) is 6.82. The van der Waals surface area contributed by atoms with Crippen LogP contribution in [-0.4, -0.2) is 19.3 Å². The molecule has 0 aliphatic heterocycles. The van der Waals surface area contributed by atoms with E-state index in [2.05, 4.69) is 21.3 Å². The van der Waals surface area contributed by atoms with E-state index in [0.29, 0.717) is 11.8 Å². The molecule has 0 atom stereocenters. The highest BCUT2D eigenvalue weighted by molar-refractivity contribution is 5.47. The van der Waals surface area contributed by atoms with Gasteiger partial charge in [0.2, 0.25) is 0 Å². The van der Waals surface area contributed by atoms with Gasteiger partial charge in [0.1, 0.15) is 23.9 Å². The Morgan fingerprint density at radius 2 is 1.36 bits per heavy atom. The average Bonchev–Trinajstić information content (AvgIpc) is 2.55. The molecule has 2 aromatic rings. The minimum absolute atomic E-state index is 0.158. The maximum Gasteiger partial charge on any atom is 0.573 e. The van der Waals surface area contributed by atoms with Gasteiger partial charge in [-0.2, -0.15) is 0 Å². The fourth-order valence-electron chi connectivity index (χ4n) is 1.92. The molecule has 0 fully saturated rings. The van der Waals surface area contributed by atoms with E-state index in [1.54, 1.807) is 24.3 Å². The quantitative estimate of drug-likeness (QED) is 0.490. The average molecular weight is 402 g/mol. The van der Waals surface area contributed by atoms with Gasteiger partial charge in [0.15, 0.2) is 0 Å². The number of rotatable bonds is 5. The zero-order valence-electron chi connectivity index (χ0n) is 14.0. The third-order valence-corrected chi connectivity index (χ3v) is 2.85. The maximum atomic E-state index is 12.3. The summed E-state index contributed by atoms with van der Waals surface area (Å²) in [5.74, 6) is 3.76. The third-order valence-electron chi connectivity index (χ3n) is 2.85. The molecule has 0 amide bonds. The first-order valence-electron chi connectivity index (χ1n) is 7.62. The lowest BCUT2D eigenvalue weighted by Crippen LogP contribution is -2.19. The number of para-hydroxylation sites is 1. The van der Waals surface area contributed by atoms with Crippen molar-refractivity contribution >= 4 is 0 Å². The monoisotopic (exact) mass is 402 g/mol. The molecule has 0 bridgehead atoms. The third kappa shape index (κ3) is 8.40. The largest absolute Gasteiger partial charge is 0.573 e. The van der Waals surface area contributed by atoms with E-state index in [1.807, 2.05) is 6.07 Å². The van der Waals surface area contributed by atoms with Crippen LogP contribution in [0.4, 0.5) is 26.3 Å². The van der Waals surface area contributed by atoms with Crippen LogP contribution in [0.5, 0.6) is 17.2 Å². The van der Waals surface area contributed by atoms with Crippen molar-refractivity contribution in [1.82, 2.24) is 0 Å². The molecule has 2 rings (SSSR count). The zero-order chi connectivity index (χ0) is 20.6. The Morgan fingerprint density at radius 1 is 0.786 bits per heavy atom. The first kappa shape index (κ1) is 21.0. The van der Waals surface area contributed by atoms with Gasteiger partial charge in [0.05, 0.1) is 0 Å². The topological polar surface area (TPSA) is 27.7 Å². The molecule has 9 heteroatoms. The molecule has 0 radical (unpaired) electrons. The zero-order valence-corrected chi connectivity index (χ0v) is 14.0. The van der Waals surface area contributed by atoms with Gasteiger partial charge in [-0.1, -0.05) is 30.0 Å². The highest BCUT2D eigenvalue weighted by Crippen LogP contribution is 2.31. The number of halogens is 6. The van der Waals surface area contributed by atoms with Crippen LogP contribution in [0.2, 0.25) is 0 Å². The van der Waals surface area contributed by atoms with Gasteiger partial charge >= 0.3 is 12.7 Å². The summed E-state index contributed by atoms with van der Waals surface area (Å²) >= 11 is 0. The molecule has 0 aliphatic rings. The molecule has 0 aromatic heterocycles. The molecule has 2 aromatic carbocycles. The molecule has 0 saturated heterocycles. The van der Waals surface area contributed by atoms with Crippen molar-refractivity contribution in [3.05, 3.63) is 66.2 Å². The minimum atomic E-state index is -5.07. The van der Waals surface area contributed by atoms with Crippen LogP contribution < -0.4 is 14.2 Å². The van der Waals surface area contributed by atoms with Gasteiger partial charge in [-0.15, -0.1) is 26.3 Å². The van der Waals surface area contributed by atoms with Crippen LogP contribution in [0.3, 0.4) is 0 Å². The lowest BCUT2D eigenvalue weighted by Gasteiger charge is -2.13. The number of hydrogen-bond donors (Lipinski definition) is 0. The molecule has 0 spiro atoms. The van der Waals surface area contributed by atoms with Crippen molar-refractivity contribution < 1.29 is 40.6 Å². The number of allylic oxidation sites excluding steroid dienone is 1. The minimum Gasteiger partial charge on any atom is -0.490 e. The van der Waals surface area contributed by atoms with E-state index in [4.69, 9.17) is 4.74 Å². The summed E-state index contributed by atoms with van der Waals surface area (Å²) in [6, 6.07) is 11.0. The molecule has 148 valence electrons. The lowest BCUT2D eigenvalue weighted by molar-refractivity contribution is -0.276. The second-order valence-electron chi connectivity index (χ2n) is 5.08. The second-order valence-corrected chi connectivity index (χ2v) is 5.08. The van der Waals surface area contributed by atoms with Gasteiger partial charge in [0.25, 0.3) is 0 Å². The predicted octanol–water partition coefficient (Wildman–Crippen LogP) is 5.47. The van der Waals surface area contributed by atoms with Crippen molar-refractivity contribution in [3.63, 3.8) is 0 Å². The molecular weight excluding hydrogens is 390 g/mol. The van der Waals surface area contributed by atoms with E-state index in [-0.39, 0.29) is 12.2 Å². The standard InChI is InChI=1S/C19H12F6O3/c20-18(21,22)27-16-11-14(12-17(13-16)28-19(23,24)25)7-3-2-6-10-26-15-8-4-1-5-9-15/h1-2,4-6,8-9,11-13H,10H2/b6-2+.